The lowest BCUT2D eigenvalue weighted by atomic mass is 10.1. The first-order valence-corrected chi connectivity index (χ1v) is 10.3. The molecule has 0 unspecified atom stereocenters. The van der Waals surface area contributed by atoms with Gasteiger partial charge >= 0.3 is 0 Å². The molecule has 0 saturated carbocycles. The van der Waals surface area contributed by atoms with Gasteiger partial charge in [-0.1, -0.05) is 18.2 Å². The van der Waals surface area contributed by atoms with Crippen molar-refractivity contribution in [2.75, 3.05) is 30.5 Å². The Morgan fingerprint density at radius 1 is 1.00 bits per heavy atom. The molecule has 0 bridgehead atoms. The van der Waals surface area contributed by atoms with E-state index in [0.717, 1.165) is 46.8 Å². The molecule has 5 nitrogen and oxygen atoms in total. The van der Waals surface area contributed by atoms with Gasteiger partial charge in [0.15, 0.2) is 0 Å². The van der Waals surface area contributed by atoms with Gasteiger partial charge in [-0.2, -0.15) is 0 Å². The number of para-hydroxylation sites is 1. The summed E-state index contributed by atoms with van der Waals surface area (Å²) >= 11 is 0. The lowest BCUT2D eigenvalue weighted by Gasteiger charge is -2.20. The molecule has 4 aromatic rings. The van der Waals surface area contributed by atoms with E-state index in [2.05, 4.69) is 11.0 Å². The SMILES string of the molecule is COc1ccc2cc3c(nc2c1)N(c1ccc(C(=O)N(C)c2ccccc2)cc1)CC3. The third kappa shape index (κ3) is 3.48. The van der Waals surface area contributed by atoms with Crippen molar-refractivity contribution in [3.8, 4) is 5.75 Å². The molecule has 5 heteroatoms. The van der Waals surface area contributed by atoms with Crippen LogP contribution in [0.2, 0.25) is 0 Å². The van der Waals surface area contributed by atoms with E-state index >= 15 is 0 Å². The molecule has 1 amide bonds. The van der Waals surface area contributed by atoms with E-state index < -0.39 is 0 Å². The first kappa shape index (κ1) is 19.1. The van der Waals surface area contributed by atoms with Gasteiger partial charge in [0, 0.05) is 42.0 Å². The molecule has 154 valence electrons. The molecule has 0 fully saturated rings. The smallest absolute Gasteiger partial charge is 0.258 e. The van der Waals surface area contributed by atoms with Crippen molar-refractivity contribution in [2.45, 2.75) is 6.42 Å². The number of anilines is 3. The van der Waals surface area contributed by atoms with Gasteiger partial charge in [0.2, 0.25) is 0 Å². The fourth-order valence-electron chi connectivity index (χ4n) is 4.06. The molecular formula is C26H23N3O2. The Bertz CT molecular complexity index is 1250. The van der Waals surface area contributed by atoms with Crippen LogP contribution < -0.4 is 14.5 Å². The summed E-state index contributed by atoms with van der Waals surface area (Å²) in [5.41, 5.74) is 4.72. The first-order valence-electron chi connectivity index (χ1n) is 10.3. The topological polar surface area (TPSA) is 45.7 Å². The second-order valence-corrected chi connectivity index (χ2v) is 7.68. The predicted molar refractivity (Wildman–Crippen MR) is 125 cm³/mol. The van der Waals surface area contributed by atoms with Crippen LogP contribution in [0, 0.1) is 0 Å². The molecule has 2 heterocycles. The predicted octanol–water partition coefficient (Wildman–Crippen LogP) is 5.21. The second-order valence-electron chi connectivity index (χ2n) is 7.68. The number of fused-ring (bicyclic) bond motifs is 2. The molecule has 0 radical (unpaired) electrons. The lowest BCUT2D eigenvalue weighted by molar-refractivity contribution is 0.0993. The van der Waals surface area contributed by atoms with Crippen molar-refractivity contribution >= 4 is 34.0 Å². The van der Waals surface area contributed by atoms with Crippen LogP contribution in [-0.2, 0) is 6.42 Å². The van der Waals surface area contributed by atoms with Crippen LogP contribution in [0.4, 0.5) is 17.2 Å². The highest BCUT2D eigenvalue weighted by molar-refractivity contribution is 6.06. The monoisotopic (exact) mass is 409 g/mol. The van der Waals surface area contributed by atoms with Crippen molar-refractivity contribution in [2.24, 2.45) is 0 Å². The molecule has 0 atom stereocenters. The Morgan fingerprint density at radius 2 is 1.77 bits per heavy atom. The van der Waals surface area contributed by atoms with Crippen LogP contribution >= 0.6 is 0 Å². The summed E-state index contributed by atoms with van der Waals surface area (Å²) < 4.78 is 5.35. The third-order valence-corrected chi connectivity index (χ3v) is 5.82. The Labute approximate surface area is 181 Å². The molecule has 0 saturated heterocycles. The van der Waals surface area contributed by atoms with E-state index in [1.165, 1.54) is 5.56 Å². The number of rotatable bonds is 4. The summed E-state index contributed by atoms with van der Waals surface area (Å²) in [6.07, 6.45) is 0.946. The van der Waals surface area contributed by atoms with Gasteiger partial charge in [-0.15, -0.1) is 0 Å². The number of hydrogen-bond donors (Lipinski definition) is 0. The Hall–Kier alpha value is -3.86. The fourth-order valence-corrected chi connectivity index (χ4v) is 4.06. The van der Waals surface area contributed by atoms with Crippen LogP contribution in [0.3, 0.4) is 0 Å². The number of aromatic nitrogens is 1. The van der Waals surface area contributed by atoms with Crippen LogP contribution in [0.5, 0.6) is 5.75 Å². The standard InChI is InChI=1S/C26H23N3O2/c1-28(21-6-4-3-5-7-21)26(30)18-8-11-22(12-9-18)29-15-14-20-16-19-10-13-23(31-2)17-24(19)27-25(20)29/h3-13,16-17H,14-15H2,1-2H3. The van der Waals surface area contributed by atoms with Gasteiger partial charge in [-0.25, -0.2) is 4.98 Å². The Kier molecular flexibility index (Phi) is 4.79. The molecule has 0 spiro atoms. The summed E-state index contributed by atoms with van der Waals surface area (Å²) in [6, 6.07) is 25.6. The van der Waals surface area contributed by atoms with Gasteiger partial charge in [0.25, 0.3) is 5.91 Å². The number of carbonyl (C=O) groups excluding carboxylic acids is 1. The first-order chi connectivity index (χ1) is 15.1. The molecule has 1 aromatic heterocycles. The van der Waals surface area contributed by atoms with Crippen molar-refractivity contribution in [3.63, 3.8) is 0 Å². The largest absolute Gasteiger partial charge is 0.497 e. The van der Waals surface area contributed by atoms with Crippen molar-refractivity contribution < 1.29 is 9.53 Å². The third-order valence-electron chi connectivity index (χ3n) is 5.82. The molecule has 1 aliphatic heterocycles. The van der Waals surface area contributed by atoms with Crippen molar-refractivity contribution in [3.05, 3.63) is 90.0 Å². The summed E-state index contributed by atoms with van der Waals surface area (Å²) in [6.45, 7) is 0.868. The zero-order valence-corrected chi connectivity index (χ0v) is 17.6. The Morgan fingerprint density at radius 3 is 2.52 bits per heavy atom. The highest BCUT2D eigenvalue weighted by atomic mass is 16.5. The van der Waals surface area contributed by atoms with E-state index in [4.69, 9.17) is 9.72 Å². The van der Waals surface area contributed by atoms with E-state index in [1.54, 1.807) is 19.1 Å². The van der Waals surface area contributed by atoms with Gasteiger partial charge in [0.05, 0.1) is 12.6 Å². The second kappa shape index (κ2) is 7.76. The van der Waals surface area contributed by atoms with Gasteiger partial charge < -0.3 is 14.5 Å². The van der Waals surface area contributed by atoms with Crippen molar-refractivity contribution in [1.82, 2.24) is 4.98 Å². The summed E-state index contributed by atoms with van der Waals surface area (Å²) in [4.78, 5) is 21.7. The molecule has 1 aliphatic rings. The highest BCUT2D eigenvalue weighted by Crippen LogP contribution is 2.35. The average Bonchev–Trinajstić information content (AvgIpc) is 3.24. The van der Waals surface area contributed by atoms with E-state index in [9.17, 15) is 4.79 Å². The molecule has 5 rings (SSSR count). The summed E-state index contributed by atoms with van der Waals surface area (Å²) in [5.74, 6) is 1.74. The maximum atomic E-state index is 12.9. The minimum atomic E-state index is -0.0317. The van der Waals surface area contributed by atoms with Crippen LogP contribution in [0.1, 0.15) is 15.9 Å². The molecule has 31 heavy (non-hydrogen) atoms. The highest BCUT2D eigenvalue weighted by Gasteiger charge is 2.23. The number of benzene rings is 3. The maximum Gasteiger partial charge on any atom is 0.258 e. The van der Waals surface area contributed by atoms with Crippen LogP contribution in [0.25, 0.3) is 10.9 Å². The maximum absolute atomic E-state index is 12.9. The number of ether oxygens (including phenoxy) is 1. The number of nitrogens with zero attached hydrogens (tertiary/aromatic N) is 3. The lowest BCUT2D eigenvalue weighted by Crippen LogP contribution is -2.26. The zero-order valence-electron chi connectivity index (χ0n) is 17.6. The zero-order chi connectivity index (χ0) is 21.4. The number of pyridine rings is 1. The summed E-state index contributed by atoms with van der Waals surface area (Å²) in [7, 11) is 3.46. The number of amides is 1. The minimum Gasteiger partial charge on any atom is -0.497 e. The number of methoxy groups -OCH3 is 1. The van der Waals surface area contributed by atoms with Gasteiger partial charge in [-0.05, 0) is 66.6 Å². The van der Waals surface area contributed by atoms with Crippen LogP contribution in [0.15, 0.2) is 78.9 Å². The van der Waals surface area contributed by atoms with Crippen molar-refractivity contribution in [1.29, 1.82) is 0 Å². The van der Waals surface area contributed by atoms with E-state index in [1.807, 2.05) is 72.8 Å². The molecular weight excluding hydrogens is 386 g/mol. The van der Waals surface area contributed by atoms with E-state index in [-0.39, 0.29) is 5.91 Å². The van der Waals surface area contributed by atoms with Gasteiger partial charge in [0.1, 0.15) is 11.6 Å². The van der Waals surface area contributed by atoms with Gasteiger partial charge in [-0.3, -0.25) is 4.79 Å². The minimum absolute atomic E-state index is 0.0317. The molecule has 3 aromatic carbocycles. The van der Waals surface area contributed by atoms with Crippen LogP contribution in [-0.4, -0.2) is 31.6 Å². The molecule has 0 aliphatic carbocycles. The number of carbonyl (C=O) groups is 1. The normalized spacial score (nSPS) is 12.6. The average molecular weight is 409 g/mol. The van der Waals surface area contributed by atoms with E-state index in [0.29, 0.717) is 5.56 Å². The number of hydrogen-bond acceptors (Lipinski definition) is 4. The quantitative estimate of drug-likeness (QED) is 0.464. The summed E-state index contributed by atoms with van der Waals surface area (Å²) in [5, 5.41) is 1.12. The molecule has 0 N–H and O–H groups in total. The fraction of sp³-hybridized carbons (Fsp3) is 0.154. The Balaban J connectivity index is 1.42.